The molecule has 7 heteroatoms. The molecule has 0 bridgehead atoms. The summed E-state index contributed by atoms with van der Waals surface area (Å²) in [5.74, 6) is -0.507. The van der Waals surface area contributed by atoms with Gasteiger partial charge < -0.3 is 10.6 Å². The fourth-order valence-corrected chi connectivity index (χ4v) is 2.69. The van der Waals surface area contributed by atoms with Crippen LogP contribution in [0, 0.1) is 5.92 Å². The summed E-state index contributed by atoms with van der Waals surface area (Å²) in [6.07, 6.45) is 3.50. The monoisotopic (exact) mass is 302 g/mol. The van der Waals surface area contributed by atoms with Crippen LogP contribution in [-0.2, 0) is 16.1 Å². The van der Waals surface area contributed by atoms with Gasteiger partial charge in [0.25, 0.3) is 5.91 Å². The number of amides is 4. The molecule has 2 heterocycles. The van der Waals surface area contributed by atoms with E-state index in [0.717, 1.165) is 23.4 Å². The Kier molecular flexibility index (Phi) is 3.56. The van der Waals surface area contributed by atoms with E-state index in [4.69, 9.17) is 0 Å². The number of urea groups is 1. The fourth-order valence-electron chi connectivity index (χ4n) is 2.69. The first-order valence-corrected chi connectivity index (χ1v) is 7.31. The van der Waals surface area contributed by atoms with Crippen molar-refractivity contribution in [3.63, 3.8) is 0 Å². The molecule has 2 fully saturated rings. The van der Waals surface area contributed by atoms with Crippen molar-refractivity contribution < 1.29 is 14.4 Å². The zero-order chi connectivity index (χ0) is 15.7. The second-order valence-corrected chi connectivity index (χ2v) is 5.90. The first kappa shape index (κ1) is 14.5. The van der Waals surface area contributed by atoms with E-state index in [0.29, 0.717) is 0 Å². The van der Waals surface area contributed by atoms with Crippen LogP contribution in [-0.4, -0.2) is 39.8 Å². The molecule has 1 unspecified atom stereocenters. The van der Waals surface area contributed by atoms with E-state index < -0.39 is 11.6 Å². The summed E-state index contributed by atoms with van der Waals surface area (Å²) >= 11 is 0. The fraction of sp³-hybridized carbons (Fsp3) is 0.467. The summed E-state index contributed by atoms with van der Waals surface area (Å²) < 4.78 is 0. The van der Waals surface area contributed by atoms with Crippen LogP contribution in [0.25, 0.3) is 0 Å². The SMILES string of the molecule is CC1(C2CC2)NC(=O)N(CC(=O)NCc2ccccn2)C1=O. The zero-order valence-electron chi connectivity index (χ0n) is 12.3. The number of carbonyl (C=O) groups is 3. The summed E-state index contributed by atoms with van der Waals surface area (Å²) in [6, 6.07) is 4.91. The molecule has 116 valence electrons. The predicted octanol–water partition coefficient (Wildman–Crippen LogP) is 0.418. The largest absolute Gasteiger partial charge is 0.349 e. The van der Waals surface area contributed by atoms with Gasteiger partial charge in [0.05, 0.1) is 12.2 Å². The molecular weight excluding hydrogens is 284 g/mol. The Hall–Kier alpha value is -2.44. The highest BCUT2D eigenvalue weighted by Crippen LogP contribution is 2.42. The molecule has 0 aromatic carbocycles. The molecule has 22 heavy (non-hydrogen) atoms. The molecule has 0 spiro atoms. The van der Waals surface area contributed by atoms with Gasteiger partial charge in [0.1, 0.15) is 12.1 Å². The lowest BCUT2D eigenvalue weighted by Crippen LogP contribution is -2.46. The van der Waals surface area contributed by atoms with Crippen LogP contribution < -0.4 is 10.6 Å². The van der Waals surface area contributed by atoms with Crippen molar-refractivity contribution in [1.29, 1.82) is 0 Å². The second-order valence-electron chi connectivity index (χ2n) is 5.90. The molecule has 2 N–H and O–H groups in total. The molecule has 1 aromatic rings. The van der Waals surface area contributed by atoms with Gasteiger partial charge in [0, 0.05) is 6.20 Å². The van der Waals surface area contributed by atoms with Crippen molar-refractivity contribution in [2.75, 3.05) is 6.54 Å². The van der Waals surface area contributed by atoms with Crippen molar-refractivity contribution in [2.45, 2.75) is 31.8 Å². The summed E-state index contributed by atoms with van der Waals surface area (Å²) in [5.41, 5.74) is -0.130. The topological polar surface area (TPSA) is 91.4 Å². The normalized spacial score (nSPS) is 24.3. The minimum absolute atomic E-state index is 0.186. The number of pyridine rings is 1. The number of nitrogens with zero attached hydrogens (tertiary/aromatic N) is 2. The van der Waals surface area contributed by atoms with Crippen LogP contribution in [0.2, 0.25) is 0 Å². The second kappa shape index (κ2) is 5.40. The Morgan fingerprint density at radius 1 is 1.45 bits per heavy atom. The van der Waals surface area contributed by atoms with Gasteiger partial charge >= 0.3 is 6.03 Å². The lowest BCUT2D eigenvalue weighted by molar-refractivity contribution is -0.135. The highest BCUT2D eigenvalue weighted by atomic mass is 16.2. The lowest BCUT2D eigenvalue weighted by Gasteiger charge is -2.20. The van der Waals surface area contributed by atoms with Gasteiger partial charge in [-0.1, -0.05) is 6.07 Å². The number of hydrogen-bond donors (Lipinski definition) is 2. The first-order valence-electron chi connectivity index (χ1n) is 7.31. The maximum Gasteiger partial charge on any atom is 0.325 e. The number of carbonyl (C=O) groups excluding carboxylic acids is 3. The Morgan fingerprint density at radius 3 is 2.86 bits per heavy atom. The van der Waals surface area contributed by atoms with Gasteiger partial charge in [0.15, 0.2) is 0 Å². The van der Waals surface area contributed by atoms with Crippen molar-refractivity contribution >= 4 is 17.8 Å². The zero-order valence-corrected chi connectivity index (χ0v) is 12.3. The van der Waals surface area contributed by atoms with Gasteiger partial charge in [-0.15, -0.1) is 0 Å². The van der Waals surface area contributed by atoms with E-state index >= 15 is 0 Å². The van der Waals surface area contributed by atoms with Crippen molar-refractivity contribution in [1.82, 2.24) is 20.5 Å². The third-order valence-corrected chi connectivity index (χ3v) is 4.19. The van der Waals surface area contributed by atoms with Crippen molar-refractivity contribution in [3.05, 3.63) is 30.1 Å². The minimum atomic E-state index is -0.849. The molecule has 3 rings (SSSR count). The van der Waals surface area contributed by atoms with Gasteiger partial charge in [-0.25, -0.2) is 4.79 Å². The molecular formula is C15H18N4O3. The van der Waals surface area contributed by atoms with E-state index in [1.165, 1.54) is 0 Å². The average Bonchev–Trinajstić information content (AvgIpc) is 3.33. The molecule has 1 aliphatic heterocycles. The number of imide groups is 1. The smallest absolute Gasteiger partial charge is 0.325 e. The molecule has 1 aliphatic carbocycles. The summed E-state index contributed by atoms with van der Waals surface area (Å²) in [5, 5.41) is 5.38. The molecule has 1 saturated carbocycles. The highest BCUT2D eigenvalue weighted by molar-refractivity contribution is 6.09. The summed E-state index contributed by atoms with van der Waals surface area (Å²) in [4.78, 5) is 41.4. The van der Waals surface area contributed by atoms with Gasteiger partial charge in [-0.2, -0.15) is 0 Å². The van der Waals surface area contributed by atoms with E-state index in [1.54, 1.807) is 25.3 Å². The van der Waals surface area contributed by atoms with E-state index in [1.807, 2.05) is 6.07 Å². The van der Waals surface area contributed by atoms with Crippen molar-refractivity contribution in [2.24, 2.45) is 5.92 Å². The average molecular weight is 302 g/mol. The minimum Gasteiger partial charge on any atom is -0.349 e. The van der Waals surface area contributed by atoms with Gasteiger partial charge in [-0.05, 0) is 37.8 Å². The quantitative estimate of drug-likeness (QED) is 0.771. The summed E-state index contributed by atoms with van der Waals surface area (Å²) in [6.45, 7) is 1.74. The Morgan fingerprint density at radius 2 is 2.23 bits per heavy atom. The van der Waals surface area contributed by atoms with Crippen LogP contribution in [0.15, 0.2) is 24.4 Å². The Bertz CT molecular complexity index is 614. The third-order valence-electron chi connectivity index (χ3n) is 4.19. The molecule has 1 aromatic heterocycles. The Labute approximate surface area is 128 Å². The van der Waals surface area contributed by atoms with Crippen LogP contribution in [0.3, 0.4) is 0 Å². The standard InChI is InChI=1S/C15H18N4O3/c1-15(10-5-6-10)13(21)19(14(22)18-15)9-12(20)17-8-11-4-2-3-7-16-11/h2-4,7,10H,5-6,8-9H2,1H3,(H,17,20)(H,18,22). The predicted molar refractivity (Wildman–Crippen MR) is 77.5 cm³/mol. The van der Waals surface area contributed by atoms with Crippen LogP contribution in [0.1, 0.15) is 25.5 Å². The summed E-state index contributed by atoms with van der Waals surface area (Å²) in [7, 11) is 0. The maximum atomic E-state index is 12.4. The Balaban J connectivity index is 1.57. The molecule has 1 saturated heterocycles. The van der Waals surface area contributed by atoms with Gasteiger partial charge in [0.2, 0.25) is 5.91 Å². The van der Waals surface area contributed by atoms with Crippen molar-refractivity contribution in [3.8, 4) is 0 Å². The molecule has 1 atom stereocenters. The number of nitrogens with one attached hydrogen (secondary N) is 2. The van der Waals surface area contributed by atoms with Crippen LogP contribution >= 0.6 is 0 Å². The number of rotatable bonds is 5. The molecule has 2 aliphatic rings. The first-order chi connectivity index (χ1) is 10.5. The van der Waals surface area contributed by atoms with E-state index in [-0.39, 0.29) is 30.8 Å². The number of aromatic nitrogens is 1. The van der Waals surface area contributed by atoms with Gasteiger partial charge in [-0.3, -0.25) is 19.5 Å². The van der Waals surface area contributed by atoms with E-state index in [9.17, 15) is 14.4 Å². The third kappa shape index (κ3) is 2.66. The van der Waals surface area contributed by atoms with Crippen LogP contribution in [0.4, 0.5) is 4.79 Å². The molecule has 0 radical (unpaired) electrons. The highest BCUT2D eigenvalue weighted by Gasteiger charge is 2.56. The molecule has 4 amide bonds. The maximum absolute atomic E-state index is 12.4. The lowest BCUT2D eigenvalue weighted by atomic mass is 9.96. The molecule has 7 nitrogen and oxygen atoms in total. The van der Waals surface area contributed by atoms with Crippen LogP contribution in [0.5, 0.6) is 0 Å². The number of hydrogen-bond acceptors (Lipinski definition) is 4. The van der Waals surface area contributed by atoms with E-state index in [2.05, 4.69) is 15.6 Å².